The quantitative estimate of drug-likeness (QED) is 0.289. The molecule has 0 radical (unpaired) electrons. The highest BCUT2D eigenvalue weighted by molar-refractivity contribution is 8.13. The Hall–Kier alpha value is -2.81. The Bertz CT molecular complexity index is 874. The summed E-state index contributed by atoms with van der Waals surface area (Å²) in [5.74, 6) is 0. The van der Waals surface area contributed by atoms with Crippen molar-refractivity contribution in [3.05, 3.63) is 71.3 Å². The van der Waals surface area contributed by atoms with Crippen LogP contribution in [0.2, 0.25) is 0 Å². The maximum absolute atomic E-state index is 13.0. The number of halogens is 3. The molecule has 162 valence electrons. The molecule has 0 saturated carbocycles. The van der Waals surface area contributed by atoms with Crippen LogP contribution in [-0.4, -0.2) is 54.9 Å². The van der Waals surface area contributed by atoms with Crippen molar-refractivity contribution in [3.63, 3.8) is 0 Å². The molecule has 0 aromatic carbocycles. The highest BCUT2D eigenvalue weighted by atomic mass is 32.2. The van der Waals surface area contributed by atoms with Crippen LogP contribution in [0, 0.1) is 10.8 Å². The van der Waals surface area contributed by atoms with Gasteiger partial charge in [-0.25, -0.2) is 0 Å². The van der Waals surface area contributed by atoms with Gasteiger partial charge in [0.25, 0.3) is 0 Å². The highest BCUT2D eigenvalue weighted by Gasteiger charge is 2.31. The first-order chi connectivity index (χ1) is 14.0. The summed E-state index contributed by atoms with van der Waals surface area (Å²) in [5, 5.41) is 19.3. The minimum atomic E-state index is -4.50. The van der Waals surface area contributed by atoms with Crippen LogP contribution in [0.25, 0.3) is 0 Å². The Morgan fingerprint density at radius 2 is 1.93 bits per heavy atom. The minimum absolute atomic E-state index is 0.236. The minimum Gasteiger partial charge on any atom is -0.372 e. The monoisotopic (exact) mass is 437 g/mol. The van der Waals surface area contributed by atoms with E-state index in [1.54, 1.807) is 24.5 Å². The van der Waals surface area contributed by atoms with E-state index in [0.717, 1.165) is 24.1 Å². The summed E-state index contributed by atoms with van der Waals surface area (Å²) in [5.41, 5.74) is 1.91. The van der Waals surface area contributed by atoms with Crippen molar-refractivity contribution in [2.75, 3.05) is 26.9 Å². The lowest BCUT2D eigenvalue weighted by atomic mass is 10.0. The number of nitrogens with zero attached hydrogens (tertiary/aromatic N) is 2. The van der Waals surface area contributed by atoms with Crippen LogP contribution in [0.15, 0.2) is 76.3 Å². The van der Waals surface area contributed by atoms with E-state index in [4.69, 9.17) is 10.8 Å². The molecular weight excluding hydrogens is 411 g/mol. The maximum Gasteiger partial charge on any atom is 0.416 e. The summed E-state index contributed by atoms with van der Waals surface area (Å²) in [6.07, 6.45) is 6.31. The number of alkyl halides is 3. The standard InChI is InChI=1S/C21H26F3N5S/c1-14(6-7-16(10-11-27-3)21(22,23)24)28-17-12-18(15(2)29(4)13-17)19(25)8-9-20(26)30-5/h6-12,25-26,28H,1,13H2,2-5H3/b7-6+,9-8-,16-10+,25-19?,26-20?,27-11-. The van der Waals surface area contributed by atoms with Crippen molar-refractivity contribution in [2.45, 2.75) is 13.1 Å². The first kappa shape index (κ1) is 25.2. The summed E-state index contributed by atoms with van der Waals surface area (Å²) >= 11 is 1.27. The second-order valence-electron chi connectivity index (χ2n) is 6.35. The zero-order valence-corrected chi connectivity index (χ0v) is 18.2. The highest BCUT2D eigenvalue weighted by Crippen LogP contribution is 2.26. The van der Waals surface area contributed by atoms with Crippen LogP contribution in [0.1, 0.15) is 6.92 Å². The van der Waals surface area contributed by atoms with Gasteiger partial charge in [-0.15, -0.1) is 11.8 Å². The number of likely N-dealkylation sites (N-methyl/N-ethyl adjacent to an activating group) is 1. The van der Waals surface area contributed by atoms with E-state index in [1.807, 2.05) is 18.9 Å². The van der Waals surface area contributed by atoms with Gasteiger partial charge in [-0.3, -0.25) is 10.4 Å². The molecule has 0 saturated heterocycles. The second-order valence-corrected chi connectivity index (χ2v) is 7.20. The summed E-state index contributed by atoms with van der Waals surface area (Å²) in [6.45, 7) is 6.14. The van der Waals surface area contributed by atoms with Crippen molar-refractivity contribution >= 4 is 28.7 Å². The normalized spacial score (nSPS) is 16.0. The number of aliphatic imine (C=N–C) groups is 1. The summed E-state index contributed by atoms with van der Waals surface area (Å²) in [6, 6.07) is 0. The number of rotatable bonds is 8. The first-order valence-electron chi connectivity index (χ1n) is 8.85. The van der Waals surface area contributed by atoms with Gasteiger partial charge in [0.15, 0.2) is 0 Å². The van der Waals surface area contributed by atoms with Crippen molar-refractivity contribution in [1.29, 1.82) is 10.8 Å². The third-order valence-electron chi connectivity index (χ3n) is 4.12. The molecule has 0 unspecified atom stereocenters. The zero-order chi connectivity index (χ0) is 22.9. The van der Waals surface area contributed by atoms with Crippen molar-refractivity contribution < 1.29 is 13.2 Å². The van der Waals surface area contributed by atoms with E-state index in [0.29, 0.717) is 22.9 Å². The molecule has 3 N–H and O–H groups in total. The van der Waals surface area contributed by atoms with Crippen LogP contribution in [0.4, 0.5) is 13.2 Å². The van der Waals surface area contributed by atoms with E-state index in [9.17, 15) is 13.2 Å². The van der Waals surface area contributed by atoms with Crippen LogP contribution < -0.4 is 5.32 Å². The van der Waals surface area contributed by atoms with Gasteiger partial charge >= 0.3 is 6.18 Å². The van der Waals surface area contributed by atoms with Crippen molar-refractivity contribution in [1.82, 2.24) is 10.2 Å². The largest absolute Gasteiger partial charge is 0.416 e. The molecule has 0 fully saturated rings. The molecule has 9 heteroatoms. The van der Waals surface area contributed by atoms with Gasteiger partial charge in [-0.2, -0.15) is 13.2 Å². The fourth-order valence-electron chi connectivity index (χ4n) is 2.41. The summed E-state index contributed by atoms with van der Waals surface area (Å²) in [7, 11) is 3.25. The van der Waals surface area contributed by atoms with E-state index in [2.05, 4.69) is 16.9 Å². The lowest BCUT2D eigenvalue weighted by Gasteiger charge is -2.29. The third-order valence-corrected chi connectivity index (χ3v) is 4.69. The molecule has 0 aliphatic carbocycles. The molecule has 1 aliphatic rings. The molecule has 1 aliphatic heterocycles. The van der Waals surface area contributed by atoms with Gasteiger partial charge in [0.2, 0.25) is 0 Å². The van der Waals surface area contributed by atoms with Crippen LogP contribution in [0.5, 0.6) is 0 Å². The fourth-order valence-corrected chi connectivity index (χ4v) is 2.61. The second kappa shape index (κ2) is 11.4. The Morgan fingerprint density at radius 1 is 1.27 bits per heavy atom. The van der Waals surface area contributed by atoms with Gasteiger partial charge in [-0.05, 0) is 49.6 Å². The molecule has 0 spiro atoms. The lowest BCUT2D eigenvalue weighted by Crippen LogP contribution is -2.30. The molecule has 0 amide bonds. The third kappa shape index (κ3) is 7.90. The van der Waals surface area contributed by atoms with Gasteiger partial charge < -0.3 is 15.6 Å². The van der Waals surface area contributed by atoms with Gasteiger partial charge in [0.1, 0.15) is 0 Å². The number of allylic oxidation sites excluding steroid dienone is 8. The van der Waals surface area contributed by atoms with Crippen molar-refractivity contribution in [3.8, 4) is 0 Å². The molecule has 5 nitrogen and oxygen atoms in total. The number of thioether (sulfide) groups is 1. The molecule has 0 bridgehead atoms. The Kier molecular flexibility index (Phi) is 9.58. The van der Waals surface area contributed by atoms with Gasteiger partial charge in [0.05, 0.1) is 22.9 Å². The number of nitrogens with one attached hydrogen (secondary N) is 3. The van der Waals surface area contributed by atoms with Crippen LogP contribution in [-0.2, 0) is 0 Å². The lowest BCUT2D eigenvalue weighted by molar-refractivity contribution is -0.0880. The molecule has 0 aromatic heterocycles. The number of hydrogen-bond acceptors (Lipinski definition) is 6. The summed E-state index contributed by atoms with van der Waals surface area (Å²) in [4.78, 5) is 5.47. The van der Waals surface area contributed by atoms with E-state index >= 15 is 0 Å². The SMILES string of the molecule is C=C(/C=C/C(=C\C=N/C)C(F)(F)F)NC1=CC(C(=N)/C=C\C(=N)SC)=C(C)N(C)C1. The topological polar surface area (TPSA) is 75.3 Å². The molecule has 1 heterocycles. The zero-order valence-electron chi connectivity index (χ0n) is 17.4. The molecule has 0 atom stereocenters. The first-order valence-corrected chi connectivity index (χ1v) is 10.1. The predicted octanol–water partition coefficient (Wildman–Crippen LogP) is 4.85. The Labute approximate surface area is 179 Å². The summed E-state index contributed by atoms with van der Waals surface area (Å²) < 4.78 is 39.1. The predicted molar refractivity (Wildman–Crippen MR) is 121 cm³/mol. The molecule has 0 aromatic rings. The van der Waals surface area contributed by atoms with E-state index in [-0.39, 0.29) is 11.4 Å². The smallest absolute Gasteiger partial charge is 0.372 e. The van der Waals surface area contributed by atoms with E-state index < -0.39 is 11.7 Å². The van der Waals surface area contributed by atoms with E-state index in [1.165, 1.54) is 24.9 Å². The molecule has 30 heavy (non-hydrogen) atoms. The van der Waals surface area contributed by atoms with Crippen molar-refractivity contribution in [2.24, 2.45) is 4.99 Å². The van der Waals surface area contributed by atoms with Gasteiger partial charge in [0, 0.05) is 43.0 Å². The molecule has 1 rings (SSSR count). The molecular formula is C21H26F3N5S. The van der Waals surface area contributed by atoms with Crippen LogP contribution in [0.3, 0.4) is 0 Å². The van der Waals surface area contributed by atoms with Gasteiger partial charge in [-0.1, -0.05) is 6.58 Å². The number of hydrogen-bond donors (Lipinski definition) is 3. The van der Waals surface area contributed by atoms with Crippen LogP contribution >= 0.6 is 11.8 Å². The Balaban J connectivity index is 3.01. The average molecular weight is 438 g/mol. The fraction of sp³-hybridized carbons (Fsp3) is 0.286. The average Bonchev–Trinajstić information content (AvgIpc) is 2.67. The Morgan fingerprint density at radius 3 is 2.50 bits per heavy atom. The maximum atomic E-state index is 13.0.